The maximum absolute atomic E-state index is 5.71. The van der Waals surface area contributed by atoms with E-state index in [4.69, 9.17) is 4.74 Å². The number of H-pyrrole nitrogens is 2. The molecule has 1 saturated heterocycles. The second-order valence-electron chi connectivity index (χ2n) is 6.16. The second-order valence-corrected chi connectivity index (χ2v) is 6.16. The van der Waals surface area contributed by atoms with Crippen LogP contribution in [0.1, 0.15) is 22.9 Å². The number of aromatic nitrogens is 4. The van der Waals surface area contributed by atoms with E-state index in [-0.39, 0.29) is 6.04 Å². The first-order chi connectivity index (χ1) is 11.8. The van der Waals surface area contributed by atoms with E-state index in [2.05, 4.69) is 44.4 Å². The van der Waals surface area contributed by atoms with Gasteiger partial charge in [-0.15, -0.1) is 0 Å². The van der Waals surface area contributed by atoms with Crippen LogP contribution >= 0.6 is 0 Å². The van der Waals surface area contributed by atoms with Crippen LogP contribution in [-0.4, -0.2) is 45.1 Å². The van der Waals surface area contributed by atoms with Crippen molar-refractivity contribution in [1.29, 1.82) is 0 Å². The molecule has 1 aromatic carbocycles. The summed E-state index contributed by atoms with van der Waals surface area (Å²) in [5.41, 5.74) is 5.76. The highest BCUT2D eigenvalue weighted by atomic mass is 16.5. The van der Waals surface area contributed by atoms with Gasteiger partial charge in [0.25, 0.3) is 0 Å². The monoisotopic (exact) mass is 323 g/mol. The Balaban J connectivity index is 1.60. The summed E-state index contributed by atoms with van der Waals surface area (Å²) in [4.78, 5) is 2.43. The molecule has 1 aliphatic heterocycles. The van der Waals surface area contributed by atoms with E-state index in [0.717, 1.165) is 36.6 Å². The lowest BCUT2D eigenvalue weighted by molar-refractivity contribution is -0.0144. The summed E-state index contributed by atoms with van der Waals surface area (Å²) in [5.74, 6) is 0. The molecule has 2 aromatic heterocycles. The summed E-state index contributed by atoms with van der Waals surface area (Å²) >= 11 is 0. The van der Waals surface area contributed by atoms with Crippen molar-refractivity contribution in [3.05, 3.63) is 59.5 Å². The van der Waals surface area contributed by atoms with Crippen molar-refractivity contribution in [3.8, 4) is 11.3 Å². The minimum atomic E-state index is 0.194. The van der Waals surface area contributed by atoms with E-state index in [9.17, 15) is 0 Å². The molecule has 1 atom stereocenters. The fourth-order valence-electron chi connectivity index (χ4n) is 3.29. The van der Waals surface area contributed by atoms with Gasteiger partial charge in [-0.3, -0.25) is 15.1 Å². The highest BCUT2D eigenvalue weighted by Gasteiger charge is 2.28. The molecule has 1 unspecified atom stereocenters. The predicted octanol–water partition coefficient (Wildman–Crippen LogP) is 2.68. The second kappa shape index (κ2) is 6.59. The van der Waals surface area contributed by atoms with Gasteiger partial charge in [0.05, 0.1) is 43.0 Å². The Morgan fingerprint density at radius 1 is 1.17 bits per heavy atom. The summed E-state index contributed by atoms with van der Waals surface area (Å²) in [5, 5.41) is 14.7. The zero-order chi connectivity index (χ0) is 16.4. The summed E-state index contributed by atoms with van der Waals surface area (Å²) < 4.78 is 5.71. The fourth-order valence-corrected chi connectivity index (χ4v) is 3.29. The maximum atomic E-state index is 5.71. The van der Waals surface area contributed by atoms with Crippen LogP contribution in [0, 0.1) is 6.92 Å². The Hall–Kier alpha value is -2.44. The largest absolute Gasteiger partial charge is 0.378 e. The van der Waals surface area contributed by atoms with E-state index in [1.54, 1.807) is 0 Å². The van der Waals surface area contributed by atoms with Crippen molar-refractivity contribution < 1.29 is 4.74 Å². The Bertz CT molecular complexity index is 795. The number of hydrogen-bond acceptors (Lipinski definition) is 4. The van der Waals surface area contributed by atoms with E-state index in [1.165, 1.54) is 11.1 Å². The minimum absolute atomic E-state index is 0.194. The quantitative estimate of drug-likeness (QED) is 0.774. The lowest BCUT2D eigenvalue weighted by atomic mass is 10.0. The summed E-state index contributed by atoms with van der Waals surface area (Å²) in [6.07, 6.45) is 3.80. The van der Waals surface area contributed by atoms with Gasteiger partial charge in [0, 0.05) is 18.7 Å². The van der Waals surface area contributed by atoms with Gasteiger partial charge in [0.2, 0.25) is 0 Å². The van der Waals surface area contributed by atoms with Crippen LogP contribution in [0.5, 0.6) is 0 Å². The standard InChI is InChI=1S/C18H21N5O/c1-13-9-19-21-17(13)16-12-24-8-7-23(16)11-15-10-20-22-18(15)14-5-3-2-4-6-14/h2-6,9-10,16H,7-8,11-12H2,1H3,(H,19,21)(H,20,22). The molecule has 3 aromatic rings. The van der Waals surface area contributed by atoms with Crippen LogP contribution in [0.15, 0.2) is 42.7 Å². The fraction of sp³-hybridized carbons (Fsp3) is 0.333. The number of hydrogen-bond donors (Lipinski definition) is 2. The molecule has 6 heteroatoms. The van der Waals surface area contributed by atoms with Crippen LogP contribution in [0.3, 0.4) is 0 Å². The first kappa shape index (κ1) is 15.1. The summed E-state index contributed by atoms with van der Waals surface area (Å²) in [6.45, 7) is 5.23. The lowest BCUT2D eigenvalue weighted by Crippen LogP contribution is -2.39. The van der Waals surface area contributed by atoms with Gasteiger partial charge < -0.3 is 4.74 Å². The van der Waals surface area contributed by atoms with Crippen molar-refractivity contribution in [2.45, 2.75) is 19.5 Å². The van der Waals surface area contributed by atoms with Crippen molar-refractivity contribution in [3.63, 3.8) is 0 Å². The van der Waals surface area contributed by atoms with E-state index in [0.29, 0.717) is 6.61 Å². The molecule has 1 aliphatic rings. The van der Waals surface area contributed by atoms with Gasteiger partial charge in [-0.05, 0) is 18.1 Å². The minimum Gasteiger partial charge on any atom is -0.378 e. The number of aromatic amines is 2. The first-order valence-corrected chi connectivity index (χ1v) is 8.22. The summed E-state index contributed by atoms with van der Waals surface area (Å²) in [7, 11) is 0. The number of rotatable bonds is 4. The molecular formula is C18H21N5O. The van der Waals surface area contributed by atoms with Crippen LogP contribution in [0.2, 0.25) is 0 Å². The molecule has 124 valence electrons. The van der Waals surface area contributed by atoms with Gasteiger partial charge in [-0.25, -0.2) is 0 Å². The van der Waals surface area contributed by atoms with Gasteiger partial charge in [-0.1, -0.05) is 30.3 Å². The third kappa shape index (κ3) is 2.86. The number of nitrogens with zero attached hydrogens (tertiary/aromatic N) is 3. The van der Waals surface area contributed by atoms with Crippen LogP contribution in [-0.2, 0) is 11.3 Å². The normalized spacial score (nSPS) is 18.8. The molecule has 1 fully saturated rings. The van der Waals surface area contributed by atoms with Crippen LogP contribution in [0.4, 0.5) is 0 Å². The van der Waals surface area contributed by atoms with Crippen LogP contribution < -0.4 is 0 Å². The molecule has 0 bridgehead atoms. The third-order valence-electron chi connectivity index (χ3n) is 4.59. The van der Waals surface area contributed by atoms with Crippen LogP contribution in [0.25, 0.3) is 11.3 Å². The van der Waals surface area contributed by atoms with Gasteiger partial charge in [0.1, 0.15) is 0 Å². The van der Waals surface area contributed by atoms with Crippen molar-refractivity contribution in [2.24, 2.45) is 0 Å². The molecule has 0 radical (unpaired) electrons. The van der Waals surface area contributed by atoms with Crippen molar-refractivity contribution >= 4 is 0 Å². The smallest absolute Gasteiger partial charge is 0.0758 e. The Labute approximate surface area is 140 Å². The maximum Gasteiger partial charge on any atom is 0.0758 e. The van der Waals surface area contributed by atoms with E-state index in [1.807, 2.05) is 30.6 Å². The molecule has 0 aliphatic carbocycles. The third-order valence-corrected chi connectivity index (χ3v) is 4.59. The first-order valence-electron chi connectivity index (χ1n) is 8.22. The molecule has 6 nitrogen and oxygen atoms in total. The molecular weight excluding hydrogens is 302 g/mol. The van der Waals surface area contributed by atoms with E-state index >= 15 is 0 Å². The number of morpholine rings is 1. The highest BCUT2D eigenvalue weighted by molar-refractivity contribution is 5.62. The Morgan fingerprint density at radius 3 is 2.79 bits per heavy atom. The van der Waals surface area contributed by atoms with Crippen molar-refractivity contribution in [2.75, 3.05) is 19.8 Å². The molecule has 0 saturated carbocycles. The van der Waals surface area contributed by atoms with Gasteiger partial charge in [-0.2, -0.15) is 10.2 Å². The van der Waals surface area contributed by atoms with Gasteiger partial charge in [0.15, 0.2) is 0 Å². The zero-order valence-corrected chi connectivity index (χ0v) is 13.7. The Morgan fingerprint density at radius 2 is 2.00 bits per heavy atom. The molecule has 24 heavy (non-hydrogen) atoms. The summed E-state index contributed by atoms with van der Waals surface area (Å²) in [6, 6.07) is 10.5. The van der Waals surface area contributed by atoms with Crippen molar-refractivity contribution in [1.82, 2.24) is 25.3 Å². The molecule has 2 N–H and O–H groups in total. The molecule has 4 rings (SSSR count). The van der Waals surface area contributed by atoms with E-state index < -0.39 is 0 Å². The number of benzene rings is 1. The topological polar surface area (TPSA) is 69.8 Å². The predicted molar refractivity (Wildman–Crippen MR) is 91.3 cm³/mol. The highest BCUT2D eigenvalue weighted by Crippen LogP contribution is 2.29. The molecule has 0 spiro atoms. The lowest BCUT2D eigenvalue weighted by Gasteiger charge is -2.35. The van der Waals surface area contributed by atoms with Gasteiger partial charge >= 0.3 is 0 Å². The number of aryl methyl sites for hydroxylation is 1. The SMILES string of the molecule is Cc1cn[nH]c1C1COCCN1Cc1cn[nH]c1-c1ccccc1. The molecule has 0 amide bonds. The number of ether oxygens (including phenoxy) is 1. The molecule has 3 heterocycles. The zero-order valence-electron chi connectivity index (χ0n) is 13.7. The average molecular weight is 323 g/mol. The Kier molecular flexibility index (Phi) is 4.15. The average Bonchev–Trinajstić information content (AvgIpc) is 3.25. The number of nitrogens with one attached hydrogen (secondary N) is 2.